The summed E-state index contributed by atoms with van der Waals surface area (Å²) in [6.07, 6.45) is 2.05. The van der Waals surface area contributed by atoms with Gasteiger partial charge in [-0.05, 0) is 13.3 Å². The van der Waals surface area contributed by atoms with Crippen LogP contribution in [0.2, 0.25) is 0 Å². The minimum atomic E-state index is -0.286. The molecule has 0 saturated heterocycles. The largest absolute Gasteiger partial charge is 0.448 e. The Kier molecular flexibility index (Phi) is 3.22. The monoisotopic (exact) mass is 235 g/mol. The minimum absolute atomic E-state index is 0.286. The Morgan fingerprint density at radius 3 is 2.94 bits per heavy atom. The lowest BCUT2D eigenvalue weighted by Gasteiger charge is -1.99. The number of oxazole rings is 1. The number of hydrogen-bond donors (Lipinski definition) is 1. The molecule has 2 heterocycles. The lowest BCUT2D eigenvalue weighted by atomic mass is 10.3. The molecule has 0 unspecified atom stereocenters. The van der Waals surface area contributed by atoms with Gasteiger partial charge in [0.25, 0.3) is 5.91 Å². The van der Waals surface area contributed by atoms with Crippen molar-refractivity contribution in [3.8, 4) is 0 Å². The van der Waals surface area contributed by atoms with Gasteiger partial charge in [-0.15, -0.1) is 0 Å². The molecule has 2 aromatic heterocycles. The van der Waals surface area contributed by atoms with Gasteiger partial charge in [0, 0.05) is 6.07 Å². The average molecular weight is 235 g/mol. The molecule has 6 nitrogen and oxygen atoms in total. The molecule has 0 fully saturated rings. The van der Waals surface area contributed by atoms with E-state index in [2.05, 4.69) is 15.5 Å². The summed E-state index contributed by atoms with van der Waals surface area (Å²) >= 11 is 0. The summed E-state index contributed by atoms with van der Waals surface area (Å²) in [6, 6.07) is 1.82. The topological polar surface area (TPSA) is 81.2 Å². The zero-order valence-electron chi connectivity index (χ0n) is 9.69. The van der Waals surface area contributed by atoms with Crippen molar-refractivity contribution in [1.82, 2.24) is 15.5 Å². The van der Waals surface area contributed by atoms with E-state index >= 15 is 0 Å². The lowest BCUT2D eigenvalue weighted by molar-refractivity contribution is 0.0941. The molecule has 0 atom stereocenters. The Morgan fingerprint density at radius 2 is 2.35 bits per heavy atom. The van der Waals surface area contributed by atoms with Crippen molar-refractivity contribution in [2.75, 3.05) is 0 Å². The summed E-state index contributed by atoms with van der Waals surface area (Å²) in [6.45, 7) is 3.96. The maximum atomic E-state index is 11.7. The van der Waals surface area contributed by atoms with Crippen molar-refractivity contribution in [2.45, 2.75) is 26.8 Å². The highest BCUT2D eigenvalue weighted by Crippen LogP contribution is 2.06. The number of hydrogen-bond acceptors (Lipinski definition) is 5. The van der Waals surface area contributed by atoms with Crippen LogP contribution in [0, 0.1) is 6.92 Å². The third kappa shape index (κ3) is 2.52. The summed E-state index contributed by atoms with van der Waals surface area (Å²) in [4.78, 5) is 15.5. The first-order valence-corrected chi connectivity index (χ1v) is 5.33. The van der Waals surface area contributed by atoms with E-state index in [9.17, 15) is 4.79 Å². The minimum Gasteiger partial charge on any atom is -0.448 e. The molecule has 0 aliphatic carbocycles. The van der Waals surface area contributed by atoms with E-state index in [1.54, 1.807) is 6.92 Å². The van der Waals surface area contributed by atoms with Gasteiger partial charge < -0.3 is 14.3 Å². The van der Waals surface area contributed by atoms with Crippen molar-refractivity contribution < 1.29 is 13.7 Å². The van der Waals surface area contributed by atoms with Crippen LogP contribution >= 0.6 is 0 Å². The molecule has 0 aromatic carbocycles. The zero-order valence-corrected chi connectivity index (χ0v) is 9.69. The summed E-state index contributed by atoms with van der Waals surface area (Å²) in [5, 5.41) is 6.52. The van der Waals surface area contributed by atoms with Crippen LogP contribution in [0.25, 0.3) is 0 Å². The first-order chi connectivity index (χ1) is 8.20. The molecule has 2 aromatic rings. The second kappa shape index (κ2) is 4.82. The average Bonchev–Trinajstić information content (AvgIpc) is 2.94. The van der Waals surface area contributed by atoms with Gasteiger partial charge in [0.05, 0.1) is 12.2 Å². The summed E-state index contributed by atoms with van der Waals surface area (Å²) in [7, 11) is 0. The smallest absolute Gasteiger partial charge is 0.273 e. The maximum absolute atomic E-state index is 11.7. The molecule has 0 bridgehead atoms. The van der Waals surface area contributed by atoms with E-state index in [4.69, 9.17) is 8.94 Å². The number of rotatable bonds is 4. The molecule has 0 radical (unpaired) electrons. The van der Waals surface area contributed by atoms with Crippen LogP contribution in [0.3, 0.4) is 0 Å². The van der Waals surface area contributed by atoms with Gasteiger partial charge in [0.15, 0.2) is 17.8 Å². The maximum Gasteiger partial charge on any atom is 0.273 e. The van der Waals surface area contributed by atoms with Crippen LogP contribution < -0.4 is 5.32 Å². The lowest BCUT2D eigenvalue weighted by Crippen LogP contribution is -2.23. The van der Waals surface area contributed by atoms with E-state index in [1.807, 2.05) is 13.0 Å². The summed E-state index contributed by atoms with van der Waals surface area (Å²) in [5.41, 5.74) is 1.16. The van der Waals surface area contributed by atoms with Crippen LogP contribution in [0.1, 0.15) is 34.6 Å². The first kappa shape index (κ1) is 11.4. The number of nitrogens with zero attached hydrogens (tertiary/aromatic N) is 2. The van der Waals surface area contributed by atoms with Gasteiger partial charge in [0.1, 0.15) is 5.76 Å². The molecule has 0 aliphatic heterocycles. The van der Waals surface area contributed by atoms with Crippen LogP contribution in [0.5, 0.6) is 0 Å². The molecule has 17 heavy (non-hydrogen) atoms. The van der Waals surface area contributed by atoms with E-state index in [0.717, 1.165) is 12.1 Å². The van der Waals surface area contributed by atoms with E-state index in [0.29, 0.717) is 17.2 Å². The van der Waals surface area contributed by atoms with Gasteiger partial charge in [-0.25, -0.2) is 4.98 Å². The third-order valence-electron chi connectivity index (χ3n) is 2.35. The molecule has 90 valence electrons. The molecular weight excluding hydrogens is 222 g/mol. The van der Waals surface area contributed by atoms with Crippen LogP contribution in [-0.4, -0.2) is 16.0 Å². The van der Waals surface area contributed by atoms with Crippen LogP contribution in [0.4, 0.5) is 0 Å². The molecule has 0 spiro atoms. The number of amides is 1. The first-order valence-electron chi connectivity index (χ1n) is 5.33. The second-order valence-electron chi connectivity index (χ2n) is 3.58. The van der Waals surface area contributed by atoms with Crippen molar-refractivity contribution in [3.05, 3.63) is 35.4 Å². The molecule has 0 aliphatic rings. The summed E-state index contributed by atoms with van der Waals surface area (Å²) < 4.78 is 10.00. The van der Waals surface area contributed by atoms with Gasteiger partial charge in [-0.2, -0.15) is 0 Å². The second-order valence-corrected chi connectivity index (χ2v) is 3.58. The number of carbonyl (C=O) groups is 1. The van der Waals surface area contributed by atoms with Crippen molar-refractivity contribution >= 4 is 5.91 Å². The SMILES string of the molecule is CCc1cc(CNC(=O)c2ncoc2C)on1. The highest BCUT2D eigenvalue weighted by Gasteiger charge is 2.13. The van der Waals surface area contributed by atoms with Crippen LogP contribution in [0.15, 0.2) is 21.4 Å². The van der Waals surface area contributed by atoms with E-state index in [1.165, 1.54) is 6.39 Å². The predicted molar refractivity (Wildman–Crippen MR) is 58.3 cm³/mol. The molecule has 0 saturated carbocycles. The third-order valence-corrected chi connectivity index (χ3v) is 2.35. The molecule has 6 heteroatoms. The van der Waals surface area contributed by atoms with Gasteiger partial charge in [-0.3, -0.25) is 4.79 Å². The number of nitrogens with one attached hydrogen (secondary N) is 1. The zero-order chi connectivity index (χ0) is 12.3. The molecule has 1 amide bonds. The Bertz CT molecular complexity index is 516. The van der Waals surface area contributed by atoms with Crippen molar-refractivity contribution in [3.63, 3.8) is 0 Å². The highest BCUT2D eigenvalue weighted by atomic mass is 16.5. The Hall–Kier alpha value is -2.11. The Labute approximate surface area is 98.0 Å². The van der Waals surface area contributed by atoms with Gasteiger partial charge >= 0.3 is 0 Å². The van der Waals surface area contributed by atoms with Crippen molar-refractivity contribution in [1.29, 1.82) is 0 Å². The standard InChI is InChI=1S/C11H13N3O3/c1-3-8-4-9(17-14-8)5-12-11(15)10-7(2)16-6-13-10/h4,6H,3,5H2,1-2H3,(H,12,15). The number of carbonyl (C=O) groups excluding carboxylic acids is 1. The quantitative estimate of drug-likeness (QED) is 0.867. The normalized spacial score (nSPS) is 10.5. The van der Waals surface area contributed by atoms with E-state index < -0.39 is 0 Å². The van der Waals surface area contributed by atoms with Crippen LogP contribution in [-0.2, 0) is 13.0 Å². The molecule has 2 rings (SSSR count). The fourth-order valence-corrected chi connectivity index (χ4v) is 1.38. The fraction of sp³-hybridized carbons (Fsp3) is 0.364. The number of aryl methyl sites for hydroxylation is 2. The van der Waals surface area contributed by atoms with Gasteiger partial charge in [-0.1, -0.05) is 12.1 Å². The molecule has 1 N–H and O–H groups in total. The summed E-state index contributed by atoms with van der Waals surface area (Å²) in [5.74, 6) is 0.830. The fourth-order valence-electron chi connectivity index (χ4n) is 1.38. The molecular formula is C11H13N3O3. The Morgan fingerprint density at radius 1 is 1.53 bits per heavy atom. The Balaban J connectivity index is 1.94. The van der Waals surface area contributed by atoms with Crippen molar-refractivity contribution in [2.24, 2.45) is 0 Å². The van der Waals surface area contributed by atoms with E-state index in [-0.39, 0.29) is 12.5 Å². The van der Waals surface area contributed by atoms with Gasteiger partial charge in [0.2, 0.25) is 0 Å². The highest BCUT2D eigenvalue weighted by molar-refractivity contribution is 5.92. The number of aromatic nitrogens is 2. The predicted octanol–water partition coefficient (Wildman–Crippen LogP) is 1.46.